The summed E-state index contributed by atoms with van der Waals surface area (Å²) in [6, 6.07) is -0.174. The van der Waals surface area contributed by atoms with Crippen molar-refractivity contribution in [3.05, 3.63) is 0 Å². The highest BCUT2D eigenvalue weighted by molar-refractivity contribution is 5.49. The molecule has 2 nitrogen and oxygen atoms in total. The van der Waals surface area contributed by atoms with Crippen molar-refractivity contribution in [3.63, 3.8) is 0 Å². The molecule has 1 amide bonds. The highest BCUT2D eigenvalue weighted by Gasteiger charge is 2.40. The fraction of sp³-hybridized carbons (Fsp3) is 0.800. The van der Waals surface area contributed by atoms with E-state index in [0.29, 0.717) is 6.42 Å². The summed E-state index contributed by atoms with van der Waals surface area (Å²) >= 11 is 0. The first kappa shape index (κ1) is 5.54. The Morgan fingerprint density at radius 2 is 2.38 bits per heavy atom. The van der Waals surface area contributed by atoms with Crippen LogP contribution in [0.15, 0.2) is 0 Å². The van der Waals surface area contributed by atoms with Crippen molar-refractivity contribution in [1.29, 1.82) is 0 Å². The van der Waals surface area contributed by atoms with Crippen molar-refractivity contribution >= 4 is 6.41 Å². The summed E-state index contributed by atoms with van der Waals surface area (Å²) in [7, 11) is 1.54. The molecule has 0 spiro atoms. The molecule has 8 heavy (non-hydrogen) atoms. The predicted octanol–water partition coefficient (Wildman–Crippen LogP) is 0.0958. The molecule has 0 heterocycles. The number of hydrogen-bond acceptors (Lipinski definition) is 1. The van der Waals surface area contributed by atoms with Crippen molar-refractivity contribution in [2.45, 2.75) is 18.6 Å². The second-order valence-electron chi connectivity index (χ2n) is 2.02. The van der Waals surface area contributed by atoms with E-state index in [0.717, 1.165) is 0 Å². The second kappa shape index (κ2) is 1.73. The van der Waals surface area contributed by atoms with Gasteiger partial charge >= 0.3 is 6.41 Å². The van der Waals surface area contributed by atoms with Gasteiger partial charge in [-0.3, -0.25) is 4.79 Å². The Hall–Kier alpha value is -0.600. The summed E-state index contributed by atoms with van der Waals surface area (Å²) in [4.78, 5) is 11.0. The zero-order chi connectivity index (χ0) is 6.15. The lowest BCUT2D eigenvalue weighted by Crippen LogP contribution is -2.19. The maximum absolute atomic E-state index is 12.0. The van der Waals surface area contributed by atoms with Crippen molar-refractivity contribution in [2.75, 3.05) is 7.05 Å². The highest BCUT2D eigenvalue weighted by Crippen LogP contribution is 2.28. The maximum Gasteiger partial charge on any atom is 0.312 e. The Balaban J connectivity index is 2.27. The summed E-state index contributed by atoms with van der Waals surface area (Å²) < 4.78 is 12.0. The van der Waals surface area contributed by atoms with Gasteiger partial charge in [-0.15, -0.1) is 0 Å². The van der Waals surface area contributed by atoms with Gasteiger partial charge in [-0.2, -0.15) is 0 Å². The van der Waals surface area contributed by atoms with E-state index >= 15 is 0 Å². The van der Waals surface area contributed by atoms with Crippen LogP contribution >= 0.6 is 0 Å². The minimum absolute atomic E-state index is 0.174. The molecule has 1 radical (unpaired) electrons. The van der Waals surface area contributed by atoms with Gasteiger partial charge in [0.05, 0.1) is 6.04 Å². The van der Waals surface area contributed by atoms with Crippen LogP contribution in [0.4, 0.5) is 4.39 Å². The average Bonchev–Trinajstić information content (AvgIpc) is 2.45. The molecule has 0 aromatic rings. The number of hydrogen-bond donors (Lipinski definition) is 0. The predicted molar refractivity (Wildman–Crippen MR) is 26.8 cm³/mol. The zero-order valence-corrected chi connectivity index (χ0v) is 4.60. The molecule has 1 aliphatic rings. The first-order valence-electron chi connectivity index (χ1n) is 2.50. The molecule has 1 rings (SSSR count). The summed E-state index contributed by atoms with van der Waals surface area (Å²) in [5.41, 5.74) is 0. The van der Waals surface area contributed by atoms with Gasteiger partial charge in [0.1, 0.15) is 6.17 Å². The van der Waals surface area contributed by atoms with Crippen molar-refractivity contribution < 1.29 is 9.18 Å². The largest absolute Gasteiger partial charge is 0.331 e. The minimum Gasteiger partial charge on any atom is -0.331 e. The normalized spacial score (nSPS) is 34.2. The quantitative estimate of drug-likeness (QED) is 0.468. The van der Waals surface area contributed by atoms with Gasteiger partial charge in [0.15, 0.2) is 0 Å². The molecule has 0 bridgehead atoms. The Kier molecular flexibility index (Phi) is 1.19. The van der Waals surface area contributed by atoms with Gasteiger partial charge in [-0.25, -0.2) is 4.39 Å². The lowest BCUT2D eigenvalue weighted by Gasteiger charge is -2.03. The van der Waals surface area contributed by atoms with Crippen LogP contribution < -0.4 is 0 Å². The lowest BCUT2D eigenvalue weighted by molar-refractivity contribution is 0.368. The number of nitrogens with zero attached hydrogens (tertiary/aromatic N) is 1. The van der Waals surface area contributed by atoms with Crippen LogP contribution in [0.1, 0.15) is 6.42 Å². The SMILES string of the molecule is CN([C]=O)C1CC1F. The van der Waals surface area contributed by atoms with E-state index < -0.39 is 6.17 Å². The number of halogens is 1. The van der Waals surface area contributed by atoms with Gasteiger partial charge in [-0.1, -0.05) is 0 Å². The molecule has 0 saturated heterocycles. The summed E-state index contributed by atoms with van der Waals surface area (Å²) in [6.07, 6.45) is 1.30. The second-order valence-corrected chi connectivity index (χ2v) is 2.02. The van der Waals surface area contributed by atoms with Crippen LogP contribution in [-0.4, -0.2) is 30.6 Å². The Labute approximate surface area is 47.3 Å². The van der Waals surface area contributed by atoms with Gasteiger partial charge < -0.3 is 4.90 Å². The van der Waals surface area contributed by atoms with E-state index in [1.807, 2.05) is 0 Å². The van der Waals surface area contributed by atoms with Crippen LogP contribution in [-0.2, 0) is 4.79 Å². The molecule has 3 heteroatoms. The van der Waals surface area contributed by atoms with Crippen LogP contribution in [0, 0.1) is 0 Å². The molecule has 2 atom stereocenters. The standard InChI is InChI=1S/C5H7FNO/c1-7(3-8)5-2-4(5)6/h4-5H,2H2,1H3. The van der Waals surface area contributed by atoms with Gasteiger partial charge in [0.25, 0.3) is 0 Å². The highest BCUT2D eigenvalue weighted by atomic mass is 19.1. The Bertz CT molecular complexity index is 107. The molecule has 0 aromatic carbocycles. The fourth-order valence-electron chi connectivity index (χ4n) is 0.621. The summed E-state index contributed by atoms with van der Waals surface area (Å²) in [6.45, 7) is 0. The number of alkyl halides is 1. The molecular formula is C5H7FNO. The molecule has 1 saturated carbocycles. The maximum atomic E-state index is 12.0. The zero-order valence-electron chi connectivity index (χ0n) is 4.60. The smallest absolute Gasteiger partial charge is 0.312 e. The molecule has 2 unspecified atom stereocenters. The molecule has 1 aliphatic carbocycles. The molecular weight excluding hydrogens is 109 g/mol. The fourth-order valence-corrected chi connectivity index (χ4v) is 0.621. The van der Waals surface area contributed by atoms with E-state index in [1.54, 1.807) is 6.41 Å². The van der Waals surface area contributed by atoms with E-state index in [9.17, 15) is 9.18 Å². The monoisotopic (exact) mass is 116 g/mol. The third-order valence-electron chi connectivity index (χ3n) is 1.32. The Morgan fingerprint density at radius 1 is 1.88 bits per heavy atom. The Morgan fingerprint density at radius 3 is 2.50 bits per heavy atom. The van der Waals surface area contributed by atoms with Gasteiger partial charge in [-0.05, 0) is 0 Å². The minimum atomic E-state index is -0.790. The number of carbonyl (C=O) groups excluding carboxylic acids is 1. The molecule has 0 aromatic heterocycles. The van der Waals surface area contributed by atoms with E-state index in [4.69, 9.17) is 0 Å². The first-order valence-corrected chi connectivity index (χ1v) is 2.50. The number of rotatable bonds is 2. The molecule has 1 fully saturated rings. The number of amides is 1. The average molecular weight is 116 g/mol. The summed E-state index contributed by atoms with van der Waals surface area (Å²) in [5, 5.41) is 0. The third kappa shape index (κ3) is 0.804. The molecule has 0 aliphatic heterocycles. The van der Waals surface area contributed by atoms with Crippen LogP contribution in [0.2, 0.25) is 0 Å². The molecule has 45 valence electrons. The van der Waals surface area contributed by atoms with Crippen molar-refractivity contribution in [1.82, 2.24) is 4.90 Å². The van der Waals surface area contributed by atoms with Crippen LogP contribution in [0.5, 0.6) is 0 Å². The van der Waals surface area contributed by atoms with Crippen molar-refractivity contribution in [2.24, 2.45) is 0 Å². The van der Waals surface area contributed by atoms with Gasteiger partial charge in [0, 0.05) is 13.5 Å². The molecule has 0 N–H and O–H groups in total. The first-order chi connectivity index (χ1) is 3.75. The van der Waals surface area contributed by atoms with Gasteiger partial charge in [0.2, 0.25) is 0 Å². The van der Waals surface area contributed by atoms with E-state index in [-0.39, 0.29) is 6.04 Å². The summed E-state index contributed by atoms with van der Waals surface area (Å²) in [5.74, 6) is 0. The van der Waals surface area contributed by atoms with Crippen LogP contribution in [0.3, 0.4) is 0 Å². The van der Waals surface area contributed by atoms with E-state index in [2.05, 4.69) is 0 Å². The lowest BCUT2D eigenvalue weighted by atomic mass is 10.6. The van der Waals surface area contributed by atoms with E-state index in [1.165, 1.54) is 11.9 Å². The van der Waals surface area contributed by atoms with Crippen molar-refractivity contribution in [3.8, 4) is 0 Å². The topological polar surface area (TPSA) is 20.3 Å². The van der Waals surface area contributed by atoms with Crippen LogP contribution in [0.25, 0.3) is 0 Å². The third-order valence-corrected chi connectivity index (χ3v) is 1.32.